The maximum atomic E-state index is 14.0. The number of hydrazone groups is 1. The number of nitrogens with one attached hydrogen (secondary N) is 2. The van der Waals surface area contributed by atoms with Crippen LogP contribution in [-0.2, 0) is 6.61 Å². The van der Waals surface area contributed by atoms with Crippen LogP contribution in [0, 0.1) is 5.82 Å². The fourth-order valence-corrected chi connectivity index (χ4v) is 3.83. The van der Waals surface area contributed by atoms with Gasteiger partial charge in [0.2, 0.25) is 17.8 Å². The highest BCUT2D eigenvalue weighted by Crippen LogP contribution is 2.22. The summed E-state index contributed by atoms with van der Waals surface area (Å²) in [5, 5.41) is 7.56. The van der Waals surface area contributed by atoms with Crippen molar-refractivity contribution in [2.75, 3.05) is 28.7 Å². The second-order valence-corrected chi connectivity index (χ2v) is 8.26. The first-order chi connectivity index (χ1) is 17.7. The molecule has 1 saturated heterocycles. The largest absolute Gasteiger partial charge is 0.488 e. The topological polar surface area (TPSA) is 87.6 Å². The van der Waals surface area contributed by atoms with Crippen LogP contribution in [0.3, 0.4) is 0 Å². The van der Waals surface area contributed by atoms with Gasteiger partial charge >= 0.3 is 0 Å². The molecule has 36 heavy (non-hydrogen) atoms. The van der Waals surface area contributed by atoms with Crippen molar-refractivity contribution < 1.29 is 9.13 Å². The Morgan fingerprint density at radius 2 is 1.58 bits per heavy atom. The van der Waals surface area contributed by atoms with Crippen LogP contribution in [0.5, 0.6) is 5.75 Å². The molecule has 8 nitrogen and oxygen atoms in total. The number of anilines is 4. The maximum absolute atomic E-state index is 14.0. The molecule has 1 aliphatic heterocycles. The Labute approximate surface area is 208 Å². The lowest BCUT2D eigenvalue weighted by Crippen LogP contribution is -2.21. The average Bonchev–Trinajstić information content (AvgIpc) is 3.45. The standard InChI is InChI=1S/C27H26FN7O/c28-23-14-6-4-11-21(23)19-36-24-15-7-5-10-20(24)18-29-34-26-31-25(30-22-12-2-1-3-13-22)32-27(33-26)35-16-8-9-17-35/h1-7,10-15,18H,8-9,16-17,19H2,(H2,30,31,32,33,34)/b29-18+. The van der Waals surface area contributed by atoms with Gasteiger partial charge in [0, 0.05) is 29.9 Å². The molecule has 182 valence electrons. The zero-order chi connectivity index (χ0) is 24.6. The van der Waals surface area contributed by atoms with E-state index in [1.54, 1.807) is 24.4 Å². The number of para-hydroxylation sites is 2. The summed E-state index contributed by atoms with van der Waals surface area (Å²) in [6.45, 7) is 1.93. The third-order valence-electron chi connectivity index (χ3n) is 5.67. The molecule has 0 aliphatic carbocycles. The van der Waals surface area contributed by atoms with Crippen molar-refractivity contribution in [2.45, 2.75) is 19.4 Å². The summed E-state index contributed by atoms with van der Waals surface area (Å²) in [5.41, 5.74) is 5.02. The summed E-state index contributed by atoms with van der Waals surface area (Å²) in [7, 11) is 0. The number of benzene rings is 3. The van der Waals surface area contributed by atoms with Crippen molar-refractivity contribution in [1.29, 1.82) is 0 Å². The molecule has 0 saturated carbocycles. The number of aromatic nitrogens is 3. The van der Waals surface area contributed by atoms with Gasteiger partial charge in [-0.3, -0.25) is 0 Å². The molecule has 1 aliphatic rings. The average molecular weight is 484 g/mol. The number of hydrogen-bond acceptors (Lipinski definition) is 8. The van der Waals surface area contributed by atoms with Crippen molar-refractivity contribution >= 4 is 29.7 Å². The third kappa shape index (κ3) is 5.93. The van der Waals surface area contributed by atoms with E-state index >= 15 is 0 Å². The van der Waals surface area contributed by atoms with Gasteiger partial charge in [0.1, 0.15) is 18.2 Å². The Kier molecular flexibility index (Phi) is 7.27. The van der Waals surface area contributed by atoms with Gasteiger partial charge in [-0.05, 0) is 43.2 Å². The summed E-state index contributed by atoms with van der Waals surface area (Å²) < 4.78 is 19.8. The molecular weight excluding hydrogens is 457 g/mol. The van der Waals surface area contributed by atoms with Crippen LogP contribution in [0.15, 0.2) is 84.0 Å². The maximum Gasteiger partial charge on any atom is 0.250 e. The van der Waals surface area contributed by atoms with E-state index in [0.29, 0.717) is 29.2 Å². The van der Waals surface area contributed by atoms with E-state index in [2.05, 4.69) is 35.7 Å². The first-order valence-electron chi connectivity index (χ1n) is 11.8. The Morgan fingerprint density at radius 1 is 0.861 bits per heavy atom. The fraction of sp³-hybridized carbons (Fsp3) is 0.185. The Balaban J connectivity index is 1.32. The highest BCUT2D eigenvalue weighted by atomic mass is 19.1. The van der Waals surface area contributed by atoms with Crippen LogP contribution in [0.4, 0.5) is 27.9 Å². The summed E-state index contributed by atoms with van der Waals surface area (Å²) in [6.07, 6.45) is 3.84. The lowest BCUT2D eigenvalue weighted by atomic mass is 10.2. The molecule has 0 amide bonds. The van der Waals surface area contributed by atoms with Crippen LogP contribution in [0.25, 0.3) is 0 Å². The second kappa shape index (κ2) is 11.3. The molecule has 1 fully saturated rings. The molecule has 0 bridgehead atoms. The first-order valence-corrected chi connectivity index (χ1v) is 11.8. The van der Waals surface area contributed by atoms with Gasteiger partial charge in [0.25, 0.3) is 0 Å². The zero-order valence-corrected chi connectivity index (χ0v) is 19.6. The predicted molar refractivity (Wildman–Crippen MR) is 139 cm³/mol. The molecule has 0 unspecified atom stereocenters. The van der Waals surface area contributed by atoms with E-state index in [1.807, 2.05) is 54.6 Å². The van der Waals surface area contributed by atoms with Crippen molar-refractivity contribution in [3.63, 3.8) is 0 Å². The van der Waals surface area contributed by atoms with Gasteiger partial charge < -0.3 is 15.0 Å². The smallest absolute Gasteiger partial charge is 0.250 e. The van der Waals surface area contributed by atoms with Gasteiger partial charge in [-0.25, -0.2) is 9.82 Å². The van der Waals surface area contributed by atoms with E-state index < -0.39 is 0 Å². The van der Waals surface area contributed by atoms with Crippen LogP contribution >= 0.6 is 0 Å². The van der Waals surface area contributed by atoms with Gasteiger partial charge in [0.05, 0.1) is 6.21 Å². The summed E-state index contributed by atoms with van der Waals surface area (Å²) in [6, 6.07) is 23.7. The zero-order valence-electron chi connectivity index (χ0n) is 19.6. The number of ether oxygens (including phenoxy) is 1. The van der Waals surface area contributed by atoms with Crippen LogP contribution < -0.4 is 20.4 Å². The highest BCUT2D eigenvalue weighted by Gasteiger charge is 2.17. The van der Waals surface area contributed by atoms with Crippen molar-refractivity contribution in [2.24, 2.45) is 5.10 Å². The SMILES string of the molecule is Fc1ccccc1COc1ccccc1/C=N/Nc1nc(Nc2ccccc2)nc(N2CCCC2)n1. The lowest BCUT2D eigenvalue weighted by Gasteiger charge is -2.16. The van der Waals surface area contributed by atoms with Crippen molar-refractivity contribution in [1.82, 2.24) is 15.0 Å². The number of nitrogens with zero attached hydrogens (tertiary/aromatic N) is 5. The molecule has 1 aromatic heterocycles. The van der Waals surface area contributed by atoms with Gasteiger partial charge in [-0.15, -0.1) is 0 Å². The molecule has 0 spiro atoms. The van der Waals surface area contributed by atoms with E-state index in [9.17, 15) is 4.39 Å². The van der Waals surface area contributed by atoms with Crippen molar-refractivity contribution in [3.8, 4) is 5.75 Å². The normalized spacial score (nSPS) is 13.2. The van der Waals surface area contributed by atoms with Gasteiger partial charge in [-0.1, -0.05) is 48.5 Å². The Morgan fingerprint density at radius 3 is 2.42 bits per heavy atom. The summed E-state index contributed by atoms with van der Waals surface area (Å²) in [5.74, 6) is 1.66. The quantitative estimate of drug-likeness (QED) is 0.244. The molecule has 0 atom stereocenters. The van der Waals surface area contributed by atoms with E-state index in [-0.39, 0.29) is 12.4 Å². The monoisotopic (exact) mass is 483 g/mol. The molecule has 9 heteroatoms. The van der Waals surface area contributed by atoms with Crippen molar-refractivity contribution in [3.05, 3.63) is 95.8 Å². The minimum atomic E-state index is -0.297. The van der Waals surface area contributed by atoms with Crippen LogP contribution in [0.1, 0.15) is 24.0 Å². The molecule has 5 rings (SSSR count). The molecular formula is C27H26FN7O. The van der Waals surface area contributed by atoms with E-state index in [0.717, 1.165) is 37.2 Å². The molecule has 3 aromatic carbocycles. The number of hydrogen-bond donors (Lipinski definition) is 2. The fourth-order valence-electron chi connectivity index (χ4n) is 3.83. The van der Waals surface area contributed by atoms with Gasteiger partial charge in [0.15, 0.2) is 0 Å². The highest BCUT2D eigenvalue weighted by molar-refractivity contribution is 5.83. The molecule has 2 N–H and O–H groups in total. The minimum Gasteiger partial charge on any atom is -0.488 e. The molecule has 4 aromatic rings. The third-order valence-corrected chi connectivity index (χ3v) is 5.67. The number of rotatable bonds is 9. The number of halogens is 1. The van der Waals surface area contributed by atoms with Gasteiger partial charge in [-0.2, -0.15) is 20.1 Å². The van der Waals surface area contributed by atoms with Crippen LogP contribution in [0.2, 0.25) is 0 Å². The summed E-state index contributed by atoms with van der Waals surface area (Å²) in [4.78, 5) is 15.8. The lowest BCUT2D eigenvalue weighted by molar-refractivity contribution is 0.299. The van der Waals surface area contributed by atoms with E-state index in [1.165, 1.54) is 6.07 Å². The van der Waals surface area contributed by atoms with E-state index in [4.69, 9.17) is 4.74 Å². The van der Waals surface area contributed by atoms with Crippen LogP contribution in [-0.4, -0.2) is 34.3 Å². The Bertz CT molecular complexity index is 1330. The predicted octanol–water partition coefficient (Wildman–Crippen LogP) is 5.38. The summed E-state index contributed by atoms with van der Waals surface area (Å²) >= 11 is 0. The first kappa shape index (κ1) is 23.2. The minimum absolute atomic E-state index is 0.117. The Hall–Kier alpha value is -4.53. The molecule has 0 radical (unpaired) electrons. The second-order valence-electron chi connectivity index (χ2n) is 8.26. The molecule has 2 heterocycles.